The van der Waals surface area contributed by atoms with Crippen LogP contribution in [0.4, 0.5) is 10.5 Å². The maximum atomic E-state index is 10.4. The van der Waals surface area contributed by atoms with Crippen molar-refractivity contribution in [1.82, 2.24) is 0 Å². The standard InChI is InChI=1S/C11H12NO2/c13-11(14)12-10-7-3-5-8-4-1-2-6-9(8)10/h3,5,7,12H,1-2,4,6H2. The van der Waals surface area contributed by atoms with Gasteiger partial charge in [-0.3, -0.25) is 5.32 Å². The molecule has 0 unspecified atom stereocenters. The molecule has 0 aliphatic heterocycles. The second-order valence-corrected chi connectivity index (χ2v) is 3.56. The SMILES string of the molecule is [O]C(=O)Nc1cccc2c1CCCC2. The van der Waals surface area contributed by atoms with Crippen molar-refractivity contribution in [3.63, 3.8) is 0 Å². The first-order chi connectivity index (χ1) is 6.77. The highest BCUT2D eigenvalue weighted by molar-refractivity contribution is 5.84. The molecule has 1 amide bonds. The van der Waals surface area contributed by atoms with Crippen LogP contribution in [0.1, 0.15) is 24.0 Å². The van der Waals surface area contributed by atoms with Crippen molar-refractivity contribution in [1.29, 1.82) is 0 Å². The summed E-state index contributed by atoms with van der Waals surface area (Å²) in [5.74, 6) is 0. The molecule has 0 bridgehead atoms. The van der Waals surface area contributed by atoms with Crippen molar-refractivity contribution in [2.75, 3.05) is 5.32 Å². The molecule has 2 rings (SSSR count). The molecule has 1 aromatic carbocycles. The fourth-order valence-electron chi connectivity index (χ4n) is 2.01. The Bertz CT molecular complexity index is 360. The lowest BCUT2D eigenvalue weighted by molar-refractivity contribution is 0.185. The number of anilines is 1. The second kappa shape index (κ2) is 3.70. The lowest BCUT2D eigenvalue weighted by Crippen LogP contribution is -2.11. The van der Waals surface area contributed by atoms with E-state index in [1.807, 2.05) is 6.07 Å². The van der Waals surface area contributed by atoms with E-state index in [0.717, 1.165) is 24.8 Å². The summed E-state index contributed by atoms with van der Waals surface area (Å²) in [5.41, 5.74) is 3.10. The minimum Gasteiger partial charge on any atom is -0.288 e. The monoisotopic (exact) mass is 190 g/mol. The van der Waals surface area contributed by atoms with E-state index in [4.69, 9.17) is 0 Å². The Morgan fingerprint density at radius 2 is 2.00 bits per heavy atom. The van der Waals surface area contributed by atoms with Crippen molar-refractivity contribution < 1.29 is 9.90 Å². The lowest BCUT2D eigenvalue weighted by Gasteiger charge is -2.18. The molecule has 1 aliphatic carbocycles. The first-order valence-corrected chi connectivity index (χ1v) is 4.86. The van der Waals surface area contributed by atoms with Crippen LogP contribution in [0.5, 0.6) is 0 Å². The average molecular weight is 190 g/mol. The number of benzene rings is 1. The lowest BCUT2D eigenvalue weighted by atomic mass is 9.90. The Hall–Kier alpha value is -1.51. The number of amides is 1. The van der Waals surface area contributed by atoms with E-state index in [0.29, 0.717) is 5.69 Å². The van der Waals surface area contributed by atoms with E-state index in [9.17, 15) is 9.90 Å². The predicted molar refractivity (Wildman–Crippen MR) is 52.8 cm³/mol. The van der Waals surface area contributed by atoms with Gasteiger partial charge in [0.05, 0.1) is 0 Å². The Balaban J connectivity index is 2.35. The number of hydrogen-bond acceptors (Lipinski definition) is 1. The zero-order valence-corrected chi connectivity index (χ0v) is 7.88. The van der Waals surface area contributed by atoms with Crippen LogP contribution in [0.25, 0.3) is 0 Å². The van der Waals surface area contributed by atoms with Gasteiger partial charge >= 0.3 is 6.09 Å². The van der Waals surface area contributed by atoms with Crippen LogP contribution < -0.4 is 5.32 Å². The van der Waals surface area contributed by atoms with Crippen LogP contribution >= 0.6 is 0 Å². The zero-order valence-electron chi connectivity index (χ0n) is 7.88. The van der Waals surface area contributed by atoms with Gasteiger partial charge in [0.1, 0.15) is 0 Å². The van der Waals surface area contributed by atoms with Gasteiger partial charge < -0.3 is 0 Å². The molecule has 73 valence electrons. The molecule has 3 nitrogen and oxygen atoms in total. The van der Waals surface area contributed by atoms with Crippen LogP contribution in [0.15, 0.2) is 18.2 Å². The van der Waals surface area contributed by atoms with E-state index in [2.05, 4.69) is 11.4 Å². The molecule has 0 heterocycles. The van der Waals surface area contributed by atoms with Crippen LogP contribution in [0, 0.1) is 0 Å². The van der Waals surface area contributed by atoms with Crippen LogP contribution in [-0.4, -0.2) is 6.09 Å². The van der Waals surface area contributed by atoms with Gasteiger partial charge in [-0.05, 0) is 42.9 Å². The number of nitrogens with one attached hydrogen (secondary N) is 1. The Kier molecular flexibility index (Phi) is 2.39. The molecule has 0 aromatic heterocycles. The topological polar surface area (TPSA) is 49.0 Å². The summed E-state index contributed by atoms with van der Waals surface area (Å²) in [6.45, 7) is 0. The molecule has 0 spiro atoms. The first-order valence-electron chi connectivity index (χ1n) is 4.86. The van der Waals surface area contributed by atoms with E-state index < -0.39 is 6.09 Å². The molecule has 1 N–H and O–H groups in total. The molecule has 3 heteroatoms. The second-order valence-electron chi connectivity index (χ2n) is 3.56. The Morgan fingerprint density at radius 1 is 1.21 bits per heavy atom. The quantitative estimate of drug-likeness (QED) is 0.726. The maximum Gasteiger partial charge on any atom is 0.454 e. The minimum absolute atomic E-state index is 0.696. The molecule has 0 fully saturated rings. The molecule has 0 saturated heterocycles. The van der Waals surface area contributed by atoms with Gasteiger partial charge in [0.25, 0.3) is 0 Å². The number of rotatable bonds is 1. The van der Waals surface area contributed by atoms with Gasteiger partial charge in [-0.2, -0.15) is 0 Å². The molecule has 14 heavy (non-hydrogen) atoms. The smallest absolute Gasteiger partial charge is 0.288 e. The van der Waals surface area contributed by atoms with Crippen molar-refractivity contribution in [3.8, 4) is 0 Å². The summed E-state index contributed by atoms with van der Waals surface area (Å²) in [6.07, 6.45) is 3.12. The number of hydrogen-bond donors (Lipinski definition) is 1. The number of carbonyl (C=O) groups is 1. The van der Waals surface area contributed by atoms with Gasteiger partial charge in [-0.15, -0.1) is 0 Å². The van der Waals surface area contributed by atoms with E-state index in [-0.39, 0.29) is 0 Å². The molecule has 0 saturated carbocycles. The largest absolute Gasteiger partial charge is 0.454 e. The van der Waals surface area contributed by atoms with Gasteiger partial charge in [0.15, 0.2) is 0 Å². The van der Waals surface area contributed by atoms with E-state index in [1.165, 1.54) is 12.0 Å². The highest BCUT2D eigenvalue weighted by Crippen LogP contribution is 2.27. The van der Waals surface area contributed by atoms with Crippen molar-refractivity contribution >= 4 is 11.8 Å². The number of carbonyl (C=O) groups excluding carboxylic acids is 1. The Morgan fingerprint density at radius 3 is 2.79 bits per heavy atom. The first kappa shape index (κ1) is 9.06. The third-order valence-electron chi connectivity index (χ3n) is 2.63. The average Bonchev–Trinajstić information content (AvgIpc) is 2.18. The molecular formula is C11H12NO2. The van der Waals surface area contributed by atoms with E-state index in [1.54, 1.807) is 6.07 Å². The molecule has 1 aromatic rings. The summed E-state index contributed by atoms with van der Waals surface area (Å²) < 4.78 is 0. The fourth-order valence-corrected chi connectivity index (χ4v) is 2.01. The van der Waals surface area contributed by atoms with Crippen molar-refractivity contribution in [2.45, 2.75) is 25.7 Å². The number of fused-ring (bicyclic) bond motifs is 1. The zero-order chi connectivity index (χ0) is 9.97. The maximum absolute atomic E-state index is 10.4. The van der Waals surface area contributed by atoms with Gasteiger partial charge in [-0.25, -0.2) is 9.90 Å². The highest BCUT2D eigenvalue weighted by atomic mass is 16.4. The normalized spacial score (nSPS) is 14.6. The fraction of sp³-hybridized carbons (Fsp3) is 0.364. The molecule has 1 aliphatic rings. The third-order valence-corrected chi connectivity index (χ3v) is 2.63. The van der Waals surface area contributed by atoms with Crippen molar-refractivity contribution in [3.05, 3.63) is 29.3 Å². The van der Waals surface area contributed by atoms with Crippen LogP contribution in [-0.2, 0) is 17.9 Å². The predicted octanol–water partition coefficient (Wildman–Crippen LogP) is 2.53. The highest BCUT2D eigenvalue weighted by Gasteiger charge is 2.13. The van der Waals surface area contributed by atoms with Crippen LogP contribution in [0.3, 0.4) is 0 Å². The van der Waals surface area contributed by atoms with E-state index >= 15 is 0 Å². The third kappa shape index (κ3) is 1.71. The van der Waals surface area contributed by atoms with Gasteiger partial charge in [0.2, 0.25) is 0 Å². The summed E-state index contributed by atoms with van der Waals surface area (Å²) in [4.78, 5) is 10.4. The Labute approximate surface area is 82.8 Å². The van der Waals surface area contributed by atoms with Gasteiger partial charge in [0, 0.05) is 5.69 Å². The molecule has 0 atom stereocenters. The summed E-state index contributed by atoms with van der Waals surface area (Å²) >= 11 is 0. The summed E-state index contributed by atoms with van der Waals surface area (Å²) in [5, 5.41) is 12.8. The molecule has 1 radical (unpaired) electrons. The minimum atomic E-state index is -1.23. The molecular weight excluding hydrogens is 178 g/mol. The van der Waals surface area contributed by atoms with Crippen molar-refractivity contribution in [2.24, 2.45) is 0 Å². The summed E-state index contributed by atoms with van der Waals surface area (Å²) in [6, 6.07) is 5.74. The van der Waals surface area contributed by atoms with Crippen LogP contribution in [0.2, 0.25) is 0 Å². The van der Waals surface area contributed by atoms with Gasteiger partial charge in [-0.1, -0.05) is 12.1 Å². The number of aryl methyl sites for hydroxylation is 1. The summed E-state index contributed by atoms with van der Waals surface area (Å²) in [7, 11) is 0.